The van der Waals surface area contributed by atoms with Gasteiger partial charge in [0.15, 0.2) is 0 Å². The van der Waals surface area contributed by atoms with E-state index in [1.54, 1.807) is 0 Å². The maximum atomic E-state index is 12.4. The van der Waals surface area contributed by atoms with Crippen LogP contribution in [0.15, 0.2) is 52.1 Å². The molecule has 0 spiro atoms. The lowest BCUT2D eigenvalue weighted by Crippen LogP contribution is -2.28. The Morgan fingerprint density at radius 1 is 1.29 bits per heavy atom. The Kier molecular flexibility index (Phi) is 5.37. The number of hydrogen-bond donors (Lipinski definition) is 1. The van der Waals surface area contributed by atoms with Gasteiger partial charge in [-0.15, -0.1) is 0 Å². The van der Waals surface area contributed by atoms with Gasteiger partial charge in [0.1, 0.15) is 4.90 Å². The van der Waals surface area contributed by atoms with E-state index < -0.39 is 10.0 Å². The van der Waals surface area contributed by atoms with Crippen LogP contribution < -0.4 is 4.72 Å². The molecule has 2 aromatic rings. The number of benzene rings is 1. The van der Waals surface area contributed by atoms with Gasteiger partial charge in [-0.1, -0.05) is 46.6 Å². The maximum Gasteiger partial charge on any atom is 0.244 e. The highest BCUT2D eigenvalue weighted by atomic mass is 79.9. The number of halogens is 2. The summed E-state index contributed by atoms with van der Waals surface area (Å²) in [6.07, 6.45) is 3.32. The van der Waals surface area contributed by atoms with Gasteiger partial charge < -0.3 is 0 Å². The lowest BCUT2D eigenvalue weighted by Gasteiger charge is -2.18. The number of nitrogens with zero attached hydrogens (tertiary/aromatic N) is 1. The Bertz CT molecular complexity index is 720. The standard InChI is InChI=1S/C14H14BrClN2O2S/c1-2-13(10-3-5-11(15)6-4-10)18-21(19,20)14-9-17-8-7-12(14)16/h3-9,13,18H,2H2,1H3. The molecule has 21 heavy (non-hydrogen) atoms. The first-order chi connectivity index (χ1) is 9.94. The van der Waals surface area contributed by atoms with Gasteiger partial charge in [-0.3, -0.25) is 4.98 Å². The van der Waals surface area contributed by atoms with Gasteiger partial charge in [-0.2, -0.15) is 0 Å². The van der Waals surface area contributed by atoms with E-state index in [1.165, 1.54) is 18.5 Å². The SMILES string of the molecule is CCC(NS(=O)(=O)c1cnccc1Cl)c1ccc(Br)cc1. The molecule has 0 aliphatic carbocycles. The average Bonchev–Trinajstić information content (AvgIpc) is 2.46. The van der Waals surface area contributed by atoms with Crippen molar-refractivity contribution in [2.45, 2.75) is 24.3 Å². The Morgan fingerprint density at radius 2 is 1.95 bits per heavy atom. The van der Waals surface area contributed by atoms with Gasteiger partial charge in [0.05, 0.1) is 5.02 Å². The topological polar surface area (TPSA) is 59.1 Å². The van der Waals surface area contributed by atoms with Crippen LogP contribution in [0.4, 0.5) is 0 Å². The summed E-state index contributed by atoms with van der Waals surface area (Å²) in [7, 11) is -3.72. The average molecular weight is 390 g/mol. The Labute approximate surface area is 137 Å². The van der Waals surface area contributed by atoms with Gasteiger partial charge in [-0.25, -0.2) is 13.1 Å². The van der Waals surface area contributed by atoms with Crippen molar-refractivity contribution in [1.82, 2.24) is 9.71 Å². The van der Waals surface area contributed by atoms with E-state index in [4.69, 9.17) is 11.6 Å². The molecule has 1 aromatic heterocycles. The first-order valence-electron chi connectivity index (χ1n) is 6.31. The molecule has 0 saturated heterocycles. The van der Waals surface area contributed by atoms with E-state index in [-0.39, 0.29) is 16.0 Å². The molecule has 1 heterocycles. The molecule has 1 aromatic carbocycles. The lowest BCUT2D eigenvalue weighted by atomic mass is 10.1. The van der Waals surface area contributed by atoms with Crippen LogP contribution in [-0.2, 0) is 10.0 Å². The summed E-state index contributed by atoms with van der Waals surface area (Å²) in [5, 5.41) is 0.156. The molecule has 0 amide bonds. The van der Waals surface area contributed by atoms with Crippen LogP contribution in [0.2, 0.25) is 5.02 Å². The van der Waals surface area contributed by atoms with E-state index in [0.717, 1.165) is 10.0 Å². The zero-order valence-corrected chi connectivity index (χ0v) is 14.4. The fourth-order valence-electron chi connectivity index (χ4n) is 1.89. The quantitative estimate of drug-likeness (QED) is 0.843. The smallest absolute Gasteiger partial charge is 0.244 e. The van der Waals surface area contributed by atoms with Crippen molar-refractivity contribution in [3.8, 4) is 0 Å². The minimum Gasteiger partial charge on any atom is -0.263 e. The molecule has 0 radical (unpaired) electrons. The molecule has 2 rings (SSSR count). The fourth-order valence-corrected chi connectivity index (χ4v) is 3.90. The van der Waals surface area contributed by atoms with Crippen molar-refractivity contribution in [3.63, 3.8) is 0 Å². The molecule has 1 N–H and O–H groups in total. The van der Waals surface area contributed by atoms with Crippen LogP contribution in [0.25, 0.3) is 0 Å². The molecule has 0 bridgehead atoms. The van der Waals surface area contributed by atoms with Crippen molar-refractivity contribution in [3.05, 3.63) is 57.8 Å². The molecule has 0 saturated carbocycles. The van der Waals surface area contributed by atoms with Crippen LogP contribution in [0.5, 0.6) is 0 Å². The van der Waals surface area contributed by atoms with E-state index in [1.807, 2.05) is 31.2 Å². The number of hydrogen-bond acceptors (Lipinski definition) is 3. The summed E-state index contributed by atoms with van der Waals surface area (Å²) in [5.74, 6) is 0. The zero-order chi connectivity index (χ0) is 15.5. The predicted octanol–water partition coefficient (Wildman–Crippen LogP) is 3.93. The summed E-state index contributed by atoms with van der Waals surface area (Å²) in [5.41, 5.74) is 0.893. The number of pyridine rings is 1. The highest BCUT2D eigenvalue weighted by molar-refractivity contribution is 9.10. The van der Waals surface area contributed by atoms with Crippen molar-refractivity contribution in [2.75, 3.05) is 0 Å². The molecule has 0 aliphatic heterocycles. The van der Waals surface area contributed by atoms with Crippen LogP contribution in [-0.4, -0.2) is 13.4 Å². The first-order valence-corrected chi connectivity index (χ1v) is 8.96. The Hall–Kier alpha value is -0.950. The molecule has 0 fully saturated rings. The second kappa shape index (κ2) is 6.87. The van der Waals surface area contributed by atoms with Crippen molar-refractivity contribution in [2.24, 2.45) is 0 Å². The van der Waals surface area contributed by atoms with Gasteiger partial charge in [0, 0.05) is 22.9 Å². The van der Waals surface area contributed by atoms with Crippen LogP contribution in [0.1, 0.15) is 24.9 Å². The summed E-state index contributed by atoms with van der Waals surface area (Å²) >= 11 is 9.30. The highest BCUT2D eigenvalue weighted by Crippen LogP contribution is 2.24. The minimum absolute atomic E-state index is 0.0118. The van der Waals surface area contributed by atoms with Gasteiger partial charge >= 0.3 is 0 Å². The molecular formula is C14H14BrClN2O2S. The Morgan fingerprint density at radius 3 is 2.52 bits per heavy atom. The lowest BCUT2D eigenvalue weighted by molar-refractivity contribution is 0.550. The van der Waals surface area contributed by atoms with Crippen LogP contribution >= 0.6 is 27.5 Å². The van der Waals surface area contributed by atoms with E-state index in [0.29, 0.717) is 6.42 Å². The highest BCUT2D eigenvalue weighted by Gasteiger charge is 2.22. The number of rotatable bonds is 5. The summed E-state index contributed by atoms with van der Waals surface area (Å²) in [6, 6.07) is 8.65. The van der Waals surface area contributed by atoms with Gasteiger partial charge in [0.2, 0.25) is 10.0 Å². The van der Waals surface area contributed by atoms with Gasteiger partial charge in [-0.05, 0) is 30.2 Å². The monoisotopic (exact) mass is 388 g/mol. The molecule has 7 heteroatoms. The Balaban J connectivity index is 2.30. The van der Waals surface area contributed by atoms with E-state index >= 15 is 0 Å². The van der Waals surface area contributed by atoms with Gasteiger partial charge in [0.25, 0.3) is 0 Å². The van der Waals surface area contributed by atoms with E-state index in [9.17, 15) is 8.42 Å². The molecular weight excluding hydrogens is 376 g/mol. The zero-order valence-electron chi connectivity index (χ0n) is 11.3. The molecule has 0 aliphatic rings. The minimum atomic E-state index is -3.72. The van der Waals surface area contributed by atoms with E-state index in [2.05, 4.69) is 25.6 Å². The maximum absolute atomic E-state index is 12.4. The molecule has 1 atom stereocenters. The number of nitrogens with one attached hydrogen (secondary N) is 1. The third-order valence-corrected chi connectivity index (χ3v) is 5.47. The van der Waals surface area contributed by atoms with Crippen molar-refractivity contribution in [1.29, 1.82) is 0 Å². The van der Waals surface area contributed by atoms with Crippen LogP contribution in [0, 0.1) is 0 Å². The molecule has 4 nitrogen and oxygen atoms in total. The number of aromatic nitrogens is 1. The third kappa shape index (κ3) is 4.03. The van der Waals surface area contributed by atoms with Crippen molar-refractivity contribution < 1.29 is 8.42 Å². The largest absolute Gasteiger partial charge is 0.263 e. The van der Waals surface area contributed by atoms with Crippen molar-refractivity contribution >= 4 is 37.6 Å². The third-order valence-electron chi connectivity index (χ3n) is 3.00. The predicted molar refractivity (Wildman–Crippen MR) is 86.7 cm³/mol. The normalized spacial score (nSPS) is 13.1. The molecule has 1 unspecified atom stereocenters. The first kappa shape index (κ1) is 16.4. The molecule has 112 valence electrons. The second-order valence-electron chi connectivity index (χ2n) is 4.44. The summed E-state index contributed by atoms with van der Waals surface area (Å²) < 4.78 is 28.4. The summed E-state index contributed by atoms with van der Waals surface area (Å²) in [4.78, 5) is 3.81. The fraction of sp³-hybridized carbons (Fsp3) is 0.214. The number of sulfonamides is 1. The van der Waals surface area contributed by atoms with Crippen LogP contribution in [0.3, 0.4) is 0 Å². The summed E-state index contributed by atoms with van der Waals surface area (Å²) in [6.45, 7) is 1.92. The second-order valence-corrected chi connectivity index (χ2v) is 7.45.